The number of imide groups is 1. The molecule has 0 bridgehead atoms. The first kappa shape index (κ1) is 30.1. The largest absolute Gasteiger partial charge is 0.489 e. The maximum Gasteiger partial charge on any atom is 0.455 e. The summed E-state index contributed by atoms with van der Waals surface area (Å²) in [5.41, 5.74) is 3.60. The van der Waals surface area contributed by atoms with Gasteiger partial charge in [0.2, 0.25) is 11.8 Å². The number of aliphatic hydroxyl groups is 1. The summed E-state index contributed by atoms with van der Waals surface area (Å²) < 4.78 is 18.2. The maximum atomic E-state index is 13.7. The Bertz CT molecular complexity index is 1540. The van der Waals surface area contributed by atoms with Crippen LogP contribution in [0, 0.1) is 17.8 Å². The van der Waals surface area contributed by atoms with Gasteiger partial charge < -0.3 is 23.9 Å². The molecule has 6 rings (SSSR count). The molecule has 3 aliphatic rings. The minimum Gasteiger partial charge on any atom is -0.489 e. The van der Waals surface area contributed by atoms with Gasteiger partial charge in [0.05, 0.1) is 23.6 Å². The van der Waals surface area contributed by atoms with Crippen molar-refractivity contribution in [2.24, 2.45) is 17.8 Å². The lowest BCUT2D eigenvalue weighted by Crippen LogP contribution is -2.46. The SMILES string of the molecule is CCCN1C(=O)[C@@H]2[C@@H](CC(COc3ccccc3)=C3[C@@H](CC/C(=C/c4ccc(CO)o4)c4ccccn4)OB(O)C[C@@H]32)C1=O. The number of furan rings is 1. The summed E-state index contributed by atoms with van der Waals surface area (Å²) in [7, 11) is -1.06. The second kappa shape index (κ2) is 13.3. The minimum atomic E-state index is -1.06. The molecule has 2 saturated heterocycles. The fourth-order valence-electron chi connectivity index (χ4n) is 6.94. The van der Waals surface area contributed by atoms with Crippen molar-refractivity contribution < 1.29 is 33.5 Å². The normalized spacial score (nSPS) is 23.7. The van der Waals surface area contributed by atoms with Crippen molar-refractivity contribution in [1.82, 2.24) is 9.88 Å². The van der Waals surface area contributed by atoms with Gasteiger partial charge in [-0.15, -0.1) is 0 Å². The molecule has 4 heterocycles. The van der Waals surface area contributed by atoms with E-state index in [0.717, 1.165) is 28.2 Å². The first-order chi connectivity index (χ1) is 21.5. The standard InChI is InChI=1S/C34H37BN2O7/c1-2-16-37-33(39)27-18-23(21-42-24-8-4-3-5-9-24)31-28(32(27)34(37)40)19-35(41)44-30(31)14-11-22(29-10-6-7-15-36-29)17-25-12-13-26(20-38)43-25/h3-10,12-13,15,17,27-28,30,32,38,41H,2,11,14,16,18-21H2,1H3/b22-17-/t27-,28+,30-,32-/m1/s1. The summed E-state index contributed by atoms with van der Waals surface area (Å²) in [5, 5.41) is 20.4. The van der Waals surface area contributed by atoms with Crippen molar-refractivity contribution in [2.45, 2.75) is 51.6 Å². The van der Waals surface area contributed by atoms with Gasteiger partial charge in [-0.1, -0.05) is 31.2 Å². The Morgan fingerprint density at radius 2 is 1.91 bits per heavy atom. The van der Waals surface area contributed by atoms with Gasteiger partial charge in [0, 0.05) is 12.7 Å². The summed E-state index contributed by atoms with van der Waals surface area (Å²) in [4.78, 5) is 33.1. The molecular weight excluding hydrogens is 559 g/mol. The number of likely N-dealkylation sites (tertiary alicyclic amines) is 1. The second-order valence-electron chi connectivity index (χ2n) is 11.6. The Labute approximate surface area is 257 Å². The van der Waals surface area contributed by atoms with E-state index in [9.17, 15) is 19.7 Å². The lowest BCUT2D eigenvalue weighted by molar-refractivity contribution is -0.140. The van der Waals surface area contributed by atoms with Crippen LogP contribution in [0.1, 0.15) is 49.8 Å². The van der Waals surface area contributed by atoms with Crippen molar-refractivity contribution in [3.8, 4) is 5.75 Å². The Morgan fingerprint density at radius 3 is 2.64 bits per heavy atom. The zero-order valence-electron chi connectivity index (χ0n) is 24.8. The number of para-hydroxylation sites is 1. The average Bonchev–Trinajstić information content (AvgIpc) is 3.60. The van der Waals surface area contributed by atoms with Crippen molar-refractivity contribution >= 4 is 30.6 Å². The van der Waals surface area contributed by atoms with Crippen LogP contribution in [0.5, 0.6) is 5.75 Å². The number of aromatic nitrogens is 1. The van der Waals surface area contributed by atoms with Gasteiger partial charge in [0.15, 0.2) is 0 Å². The number of aliphatic hydroxyl groups excluding tert-OH is 1. The van der Waals surface area contributed by atoms with Crippen molar-refractivity contribution in [3.05, 3.63) is 95.2 Å². The molecule has 44 heavy (non-hydrogen) atoms. The van der Waals surface area contributed by atoms with Gasteiger partial charge >= 0.3 is 7.12 Å². The minimum absolute atomic E-state index is 0.128. The molecule has 2 aliphatic heterocycles. The van der Waals surface area contributed by atoms with E-state index in [1.54, 1.807) is 18.3 Å². The van der Waals surface area contributed by atoms with E-state index in [2.05, 4.69) is 4.98 Å². The molecule has 2 N–H and O–H groups in total. The van der Waals surface area contributed by atoms with Crippen LogP contribution >= 0.6 is 0 Å². The molecule has 1 aliphatic carbocycles. The number of allylic oxidation sites excluding steroid dienone is 1. The molecule has 1 aromatic carbocycles. The van der Waals surface area contributed by atoms with Gasteiger partial charge in [-0.05, 0) is 97.1 Å². The number of hydrogen-bond donors (Lipinski definition) is 2. The highest BCUT2D eigenvalue weighted by Gasteiger charge is 2.57. The summed E-state index contributed by atoms with van der Waals surface area (Å²) >= 11 is 0. The number of carbonyl (C=O) groups is 2. The molecule has 228 valence electrons. The molecule has 0 radical (unpaired) electrons. The van der Waals surface area contributed by atoms with E-state index in [4.69, 9.17) is 13.8 Å². The number of fused-ring (bicyclic) bond motifs is 3. The molecule has 0 unspecified atom stereocenters. The summed E-state index contributed by atoms with van der Waals surface area (Å²) in [6.45, 7) is 2.43. The molecule has 4 atom stereocenters. The monoisotopic (exact) mass is 596 g/mol. The van der Waals surface area contributed by atoms with E-state index >= 15 is 0 Å². The van der Waals surface area contributed by atoms with E-state index in [1.165, 1.54) is 4.90 Å². The zero-order valence-corrected chi connectivity index (χ0v) is 24.8. The fourth-order valence-corrected chi connectivity index (χ4v) is 6.94. The Morgan fingerprint density at radius 1 is 1.09 bits per heavy atom. The molecule has 2 amide bonds. The third-order valence-electron chi connectivity index (χ3n) is 8.83. The third-order valence-corrected chi connectivity index (χ3v) is 8.83. The third kappa shape index (κ3) is 6.15. The quantitative estimate of drug-likeness (QED) is 0.184. The highest BCUT2D eigenvalue weighted by molar-refractivity contribution is 6.43. The predicted octanol–water partition coefficient (Wildman–Crippen LogP) is 4.77. The van der Waals surface area contributed by atoms with Crippen LogP contribution in [-0.4, -0.2) is 58.2 Å². The molecule has 3 aromatic rings. The maximum absolute atomic E-state index is 13.7. The fraction of sp³-hybridized carbons (Fsp3) is 0.382. The van der Waals surface area contributed by atoms with Crippen LogP contribution in [0.25, 0.3) is 11.6 Å². The average molecular weight is 596 g/mol. The van der Waals surface area contributed by atoms with Crippen molar-refractivity contribution in [1.29, 1.82) is 0 Å². The van der Waals surface area contributed by atoms with Crippen LogP contribution < -0.4 is 4.74 Å². The summed E-state index contributed by atoms with van der Waals surface area (Å²) in [6, 6.07) is 18.8. The molecular formula is C34H37BN2O7. The molecule has 9 nitrogen and oxygen atoms in total. The van der Waals surface area contributed by atoms with Crippen molar-refractivity contribution in [2.75, 3.05) is 13.2 Å². The van der Waals surface area contributed by atoms with Gasteiger partial charge in [-0.2, -0.15) is 0 Å². The first-order valence-electron chi connectivity index (χ1n) is 15.4. The van der Waals surface area contributed by atoms with Gasteiger partial charge in [0.1, 0.15) is 30.5 Å². The highest BCUT2D eigenvalue weighted by Crippen LogP contribution is 2.50. The molecule has 2 fully saturated rings. The van der Waals surface area contributed by atoms with Gasteiger partial charge in [-0.25, -0.2) is 0 Å². The lowest BCUT2D eigenvalue weighted by atomic mass is 9.58. The number of amides is 2. The van der Waals surface area contributed by atoms with Crippen molar-refractivity contribution in [3.63, 3.8) is 0 Å². The molecule has 2 aromatic heterocycles. The van der Waals surface area contributed by atoms with Gasteiger partial charge in [-0.3, -0.25) is 19.5 Å². The number of rotatable bonds is 11. The van der Waals surface area contributed by atoms with Gasteiger partial charge in [0.25, 0.3) is 0 Å². The van der Waals surface area contributed by atoms with Crippen LogP contribution in [0.4, 0.5) is 0 Å². The van der Waals surface area contributed by atoms with E-state index in [1.807, 2.05) is 61.5 Å². The zero-order chi connectivity index (χ0) is 30.6. The number of pyridine rings is 1. The smallest absolute Gasteiger partial charge is 0.455 e. The molecule has 10 heteroatoms. The lowest BCUT2D eigenvalue weighted by Gasteiger charge is -2.43. The molecule has 0 spiro atoms. The van der Waals surface area contributed by atoms with Crippen LogP contribution in [0.15, 0.2) is 82.4 Å². The van der Waals surface area contributed by atoms with E-state index < -0.39 is 25.1 Å². The Hall–Kier alpha value is -3.99. The number of hydrogen-bond acceptors (Lipinski definition) is 8. The van der Waals surface area contributed by atoms with Crippen LogP contribution in [-0.2, 0) is 20.9 Å². The number of carbonyl (C=O) groups excluding carboxylic acids is 2. The van der Waals surface area contributed by atoms with E-state index in [-0.39, 0.29) is 37.3 Å². The Balaban J connectivity index is 1.34. The second-order valence-corrected chi connectivity index (χ2v) is 11.6. The number of nitrogens with zero attached hydrogens (tertiary/aromatic N) is 2. The first-order valence-corrected chi connectivity index (χ1v) is 15.4. The summed E-state index contributed by atoms with van der Waals surface area (Å²) in [6.07, 6.45) is 5.56. The predicted molar refractivity (Wildman–Crippen MR) is 165 cm³/mol. The number of benzene rings is 1. The Kier molecular flexibility index (Phi) is 9.11. The van der Waals surface area contributed by atoms with Crippen LogP contribution in [0.3, 0.4) is 0 Å². The number of ether oxygens (including phenoxy) is 1. The topological polar surface area (TPSA) is 122 Å². The molecule has 0 saturated carbocycles. The highest BCUT2D eigenvalue weighted by atomic mass is 16.5. The summed E-state index contributed by atoms with van der Waals surface area (Å²) in [5.74, 6) is 0.201. The van der Waals surface area contributed by atoms with E-state index in [0.29, 0.717) is 43.7 Å². The van der Waals surface area contributed by atoms with Crippen LogP contribution in [0.2, 0.25) is 6.32 Å².